The molecule has 0 amide bonds. The molecule has 0 unspecified atom stereocenters. The average molecular weight is 245 g/mol. The number of benzene rings is 1. The monoisotopic (exact) mass is 245 g/mol. The van der Waals surface area contributed by atoms with E-state index in [9.17, 15) is 14.3 Å². The normalized spacial score (nSPS) is 15.0. The quantitative estimate of drug-likeness (QED) is 0.883. The Labute approximate surface area is 103 Å². The number of nitrogens with zero attached hydrogens (tertiary/aromatic N) is 1. The second-order valence-corrected chi connectivity index (χ2v) is 4.71. The zero-order chi connectivity index (χ0) is 12.9. The van der Waals surface area contributed by atoms with Gasteiger partial charge in [-0.3, -0.25) is 0 Å². The van der Waals surface area contributed by atoms with Gasteiger partial charge in [0, 0.05) is 17.0 Å². The molecule has 2 aromatic rings. The van der Waals surface area contributed by atoms with Crippen LogP contribution in [0.15, 0.2) is 18.2 Å². The Morgan fingerprint density at radius 1 is 1.44 bits per heavy atom. The maximum atomic E-state index is 13.8. The molecule has 1 fully saturated rings. The molecule has 18 heavy (non-hydrogen) atoms. The number of fused-ring (bicyclic) bond motifs is 1. The Bertz CT molecular complexity index is 662. The summed E-state index contributed by atoms with van der Waals surface area (Å²) in [6.07, 6.45) is 2.01. The van der Waals surface area contributed by atoms with Gasteiger partial charge in [0.1, 0.15) is 11.3 Å². The summed E-state index contributed by atoms with van der Waals surface area (Å²) in [6.45, 7) is 1.76. The largest absolute Gasteiger partial charge is 0.478 e. The topological polar surface area (TPSA) is 50.2 Å². The maximum absolute atomic E-state index is 13.8. The predicted molar refractivity (Wildman–Crippen MR) is 65.4 cm³/mol. The van der Waals surface area contributed by atoms with Crippen LogP contribution in [-0.4, -0.2) is 16.1 Å². The molecule has 1 N–H and O–H groups in total. The van der Waals surface area contributed by atoms with Gasteiger partial charge < -0.3 is 5.11 Å². The van der Waals surface area contributed by atoms with E-state index in [1.807, 2.05) is 0 Å². The molecule has 1 saturated carbocycles. The zero-order valence-electron chi connectivity index (χ0n) is 9.90. The standard InChI is InChI=1S/C14H12FNO2/c1-7-11(14(17)18)9-3-2-4-10(15)13(9)16-12(7)8-5-6-8/h2-4,8H,5-6H2,1H3,(H,17,18). The lowest BCUT2D eigenvalue weighted by Crippen LogP contribution is -2.07. The number of para-hydroxylation sites is 1. The number of aromatic carboxylic acids is 1. The summed E-state index contributed by atoms with van der Waals surface area (Å²) in [5.74, 6) is -1.18. The van der Waals surface area contributed by atoms with Gasteiger partial charge in [-0.15, -0.1) is 0 Å². The Balaban J connectivity index is 2.43. The lowest BCUT2D eigenvalue weighted by Gasteiger charge is -2.11. The number of carbonyl (C=O) groups is 1. The van der Waals surface area contributed by atoms with Gasteiger partial charge in [-0.25, -0.2) is 14.2 Å². The number of halogens is 1. The average Bonchev–Trinajstić information content (AvgIpc) is 3.12. The Hall–Kier alpha value is -1.97. The summed E-state index contributed by atoms with van der Waals surface area (Å²) in [4.78, 5) is 15.7. The first-order valence-corrected chi connectivity index (χ1v) is 5.91. The molecule has 1 heterocycles. The Morgan fingerprint density at radius 2 is 2.17 bits per heavy atom. The molecule has 4 heteroatoms. The molecule has 0 aliphatic heterocycles. The molecule has 1 aliphatic rings. The highest BCUT2D eigenvalue weighted by molar-refractivity contribution is 6.04. The highest BCUT2D eigenvalue weighted by Crippen LogP contribution is 2.42. The van der Waals surface area contributed by atoms with Gasteiger partial charge in [0.25, 0.3) is 0 Å². The van der Waals surface area contributed by atoms with E-state index < -0.39 is 11.8 Å². The highest BCUT2D eigenvalue weighted by atomic mass is 19.1. The van der Waals surface area contributed by atoms with Crippen molar-refractivity contribution in [3.63, 3.8) is 0 Å². The lowest BCUT2D eigenvalue weighted by molar-refractivity contribution is 0.0698. The van der Waals surface area contributed by atoms with Gasteiger partial charge in [0.05, 0.1) is 5.56 Å². The van der Waals surface area contributed by atoms with Crippen LogP contribution >= 0.6 is 0 Å². The fourth-order valence-corrected chi connectivity index (χ4v) is 2.39. The Kier molecular flexibility index (Phi) is 2.33. The van der Waals surface area contributed by atoms with Crippen molar-refractivity contribution in [2.45, 2.75) is 25.7 Å². The maximum Gasteiger partial charge on any atom is 0.336 e. The summed E-state index contributed by atoms with van der Waals surface area (Å²) in [7, 11) is 0. The number of carboxylic acid groups (broad SMARTS) is 1. The van der Waals surface area contributed by atoms with Crippen molar-refractivity contribution in [2.24, 2.45) is 0 Å². The SMILES string of the molecule is Cc1c(C2CC2)nc2c(F)cccc2c1C(=O)O. The molecule has 1 aromatic carbocycles. The summed E-state index contributed by atoms with van der Waals surface area (Å²) < 4.78 is 13.8. The molecule has 1 aliphatic carbocycles. The van der Waals surface area contributed by atoms with E-state index in [4.69, 9.17) is 0 Å². The van der Waals surface area contributed by atoms with Crippen LogP contribution in [0.5, 0.6) is 0 Å². The molecule has 0 radical (unpaired) electrons. The lowest BCUT2D eigenvalue weighted by atomic mass is 9.99. The van der Waals surface area contributed by atoms with Crippen molar-refractivity contribution in [1.82, 2.24) is 4.98 Å². The third kappa shape index (κ3) is 1.56. The van der Waals surface area contributed by atoms with Gasteiger partial charge in [0.15, 0.2) is 0 Å². The third-order valence-corrected chi connectivity index (χ3v) is 3.43. The van der Waals surface area contributed by atoms with Gasteiger partial charge in [-0.05, 0) is 31.4 Å². The molecule has 3 nitrogen and oxygen atoms in total. The van der Waals surface area contributed by atoms with Crippen LogP contribution in [0.2, 0.25) is 0 Å². The fraction of sp³-hybridized carbons (Fsp3) is 0.286. The number of hydrogen-bond donors (Lipinski definition) is 1. The second kappa shape index (κ2) is 3.77. The van der Waals surface area contributed by atoms with Gasteiger partial charge >= 0.3 is 5.97 Å². The van der Waals surface area contributed by atoms with E-state index in [2.05, 4.69) is 4.98 Å². The van der Waals surface area contributed by atoms with Gasteiger partial charge in [-0.2, -0.15) is 0 Å². The minimum atomic E-state index is -1.02. The van der Waals surface area contributed by atoms with Crippen molar-refractivity contribution in [2.75, 3.05) is 0 Å². The first kappa shape index (κ1) is 11.1. The van der Waals surface area contributed by atoms with Crippen LogP contribution in [0.25, 0.3) is 10.9 Å². The molecule has 0 bridgehead atoms. The van der Waals surface area contributed by atoms with Crippen LogP contribution in [-0.2, 0) is 0 Å². The first-order valence-electron chi connectivity index (χ1n) is 5.91. The predicted octanol–water partition coefficient (Wildman–Crippen LogP) is 3.26. The molecule has 0 saturated heterocycles. The zero-order valence-corrected chi connectivity index (χ0v) is 9.90. The van der Waals surface area contributed by atoms with Crippen LogP contribution in [0, 0.1) is 12.7 Å². The summed E-state index contributed by atoms with van der Waals surface area (Å²) in [5.41, 5.74) is 1.76. The van der Waals surface area contributed by atoms with Crippen LogP contribution in [0.4, 0.5) is 4.39 Å². The summed E-state index contributed by atoms with van der Waals surface area (Å²) in [5, 5.41) is 9.71. The van der Waals surface area contributed by atoms with E-state index in [-0.39, 0.29) is 11.1 Å². The first-order chi connectivity index (χ1) is 8.59. The van der Waals surface area contributed by atoms with Gasteiger partial charge in [-0.1, -0.05) is 12.1 Å². The van der Waals surface area contributed by atoms with E-state index in [0.29, 0.717) is 16.9 Å². The Morgan fingerprint density at radius 3 is 2.78 bits per heavy atom. The molecule has 0 spiro atoms. The molecule has 3 rings (SSSR count). The minimum Gasteiger partial charge on any atom is -0.478 e. The number of pyridine rings is 1. The minimum absolute atomic E-state index is 0.169. The smallest absolute Gasteiger partial charge is 0.336 e. The summed E-state index contributed by atoms with van der Waals surface area (Å²) >= 11 is 0. The van der Waals surface area contributed by atoms with Crippen LogP contribution in [0.1, 0.15) is 40.4 Å². The van der Waals surface area contributed by atoms with Crippen molar-refractivity contribution >= 4 is 16.9 Å². The van der Waals surface area contributed by atoms with Crippen molar-refractivity contribution < 1.29 is 14.3 Å². The van der Waals surface area contributed by atoms with Crippen LogP contribution < -0.4 is 0 Å². The third-order valence-electron chi connectivity index (χ3n) is 3.43. The molecule has 1 aromatic heterocycles. The van der Waals surface area contributed by atoms with Crippen molar-refractivity contribution in [3.05, 3.63) is 40.8 Å². The number of aromatic nitrogens is 1. The van der Waals surface area contributed by atoms with E-state index in [1.165, 1.54) is 12.1 Å². The number of rotatable bonds is 2. The molecular weight excluding hydrogens is 233 g/mol. The van der Waals surface area contributed by atoms with Gasteiger partial charge in [0.2, 0.25) is 0 Å². The van der Waals surface area contributed by atoms with E-state index in [1.54, 1.807) is 13.0 Å². The number of hydrogen-bond acceptors (Lipinski definition) is 2. The molecular formula is C14H12FNO2. The summed E-state index contributed by atoms with van der Waals surface area (Å²) in [6, 6.07) is 4.44. The van der Waals surface area contributed by atoms with Crippen LogP contribution in [0.3, 0.4) is 0 Å². The fourth-order valence-electron chi connectivity index (χ4n) is 2.39. The highest BCUT2D eigenvalue weighted by Gasteiger charge is 2.30. The van der Waals surface area contributed by atoms with Crippen molar-refractivity contribution in [1.29, 1.82) is 0 Å². The van der Waals surface area contributed by atoms with E-state index in [0.717, 1.165) is 18.5 Å². The molecule has 0 atom stereocenters. The molecule has 92 valence electrons. The second-order valence-electron chi connectivity index (χ2n) is 4.71. The van der Waals surface area contributed by atoms with Crippen molar-refractivity contribution in [3.8, 4) is 0 Å². The number of carboxylic acids is 1. The van der Waals surface area contributed by atoms with E-state index >= 15 is 0 Å².